The Morgan fingerprint density at radius 2 is 2.22 bits per heavy atom. The Kier molecular flexibility index (Phi) is 3.59. The zero-order valence-corrected chi connectivity index (χ0v) is 12.4. The number of nitrogens with one attached hydrogen (secondary N) is 1. The number of rotatable bonds is 2. The van der Waals surface area contributed by atoms with Crippen molar-refractivity contribution >= 4 is 16.9 Å². The lowest BCUT2D eigenvalue weighted by molar-refractivity contribution is 0.0905. The maximum atomic E-state index is 5.05. The lowest BCUT2D eigenvalue weighted by Gasteiger charge is -2.44. The molecule has 4 rings (SSSR count). The van der Waals surface area contributed by atoms with E-state index in [0.29, 0.717) is 6.04 Å². The van der Waals surface area contributed by atoms with Gasteiger partial charge in [0.05, 0.1) is 6.04 Å². The summed E-state index contributed by atoms with van der Waals surface area (Å²) in [5.41, 5.74) is 0.276. The minimum absolute atomic E-state index is 0.276. The quantitative estimate of drug-likeness (QED) is 0.832. The molecule has 0 amide bonds. The molecule has 4 fully saturated rings. The zero-order valence-electron chi connectivity index (χ0n) is 11.6. The van der Waals surface area contributed by atoms with E-state index in [1.165, 1.54) is 56.2 Å². The first-order valence-electron chi connectivity index (χ1n) is 7.40. The third kappa shape index (κ3) is 2.55. The molecular weight excluding hydrogens is 242 g/mol. The van der Waals surface area contributed by atoms with E-state index in [1.54, 1.807) is 0 Å². The van der Waals surface area contributed by atoms with Crippen LogP contribution in [0.5, 0.6) is 0 Å². The highest BCUT2D eigenvalue weighted by Gasteiger charge is 2.35. The summed E-state index contributed by atoms with van der Waals surface area (Å²) in [6, 6.07) is 0.557. The van der Waals surface area contributed by atoms with E-state index >= 15 is 0 Å². The van der Waals surface area contributed by atoms with E-state index < -0.39 is 0 Å². The van der Waals surface area contributed by atoms with Crippen LogP contribution in [-0.2, 0) is 0 Å². The summed E-state index contributed by atoms with van der Waals surface area (Å²) in [5, 5.41) is 4.89. The van der Waals surface area contributed by atoms with Crippen molar-refractivity contribution in [3.8, 4) is 0 Å². The molecule has 0 aliphatic carbocycles. The summed E-state index contributed by atoms with van der Waals surface area (Å²) in [4.78, 5) is 7.63. The number of amidine groups is 1. The standard InChI is InChI=1S/C14H25N3S/c1-3-14(2)6-9-18-13(16-14)15-12-10-17-7-4-11(12)5-8-17/h11-12H,3-10H2,1-2H3,(H,15,16). The number of aliphatic imine (C=N–C) groups is 1. The Morgan fingerprint density at radius 1 is 1.44 bits per heavy atom. The van der Waals surface area contributed by atoms with Gasteiger partial charge in [-0.2, -0.15) is 0 Å². The maximum Gasteiger partial charge on any atom is 0.157 e. The van der Waals surface area contributed by atoms with E-state index in [1.807, 2.05) is 11.8 Å². The van der Waals surface area contributed by atoms with Gasteiger partial charge in [-0.3, -0.25) is 4.99 Å². The molecule has 0 spiro atoms. The number of fused-ring (bicyclic) bond motifs is 3. The van der Waals surface area contributed by atoms with Gasteiger partial charge >= 0.3 is 0 Å². The van der Waals surface area contributed by atoms with Crippen LogP contribution in [0.15, 0.2) is 4.99 Å². The van der Waals surface area contributed by atoms with E-state index in [4.69, 9.17) is 4.99 Å². The van der Waals surface area contributed by atoms with Gasteiger partial charge in [-0.15, -0.1) is 0 Å². The van der Waals surface area contributed by atoms with Gasteiger partial charge in [-0.05, 0) is 51.6 Å². The highest BCUT2D eigenvalue weighted by atomic mass is 32.2. The topological polar surface area (TPSA) is 27.6 Å². The predicted octanol–water partition coefficient (Wildman–Crippen LogP) is 2.33. The fourth-order valence-corrected chi connectivity index (χ4v) is 4.57. The van der Waals surface area contributed by atoms with Gasteiger partial charge in [0.15, 0.2) is 5.17 Å². The van der Waals surface area contributed by atoms with Crippen molar-refractivity contribution in [1.29, 1.82) is 0 Å². The Bertz CT molecular complexity index is 336. The molecule has 4 aliphatic rings. The van der Waals surface area contributed by atoms with Crippen LogP contribution in [0.4, 0.5) is 0 Å². The van der Waals surface area contributed by atoms with Crippen LogP contribution < -0.4 is 5.32 Å². The van der Waals surface area contributed by atoms with Crippen LogP contribution >= 0.6 is 11.8 Å². The van der Waals surface area contributed by atoms with Crippen molar-refractivity contribution in [3.05, 3.63) is 0 Å². The first-order chi connectivity index (χ1) is 8.68. The molecule has 4 aliphatic heterocycles. The van der Waals surface area contributed by atoms with Crippen molar-refractivity contribution in [2.24, 2.45) is 10.9 Å². The Balaban J connectivity index is 1.68. The summed E-state index contributed by atoms with van der Waals surface area (Å²) in [7, 11) is 0. The molecule has 2 atom stereocenters. The van der Waals surface area contributed by atoms with E-state index in [2.05, 4.69) is 24.1 Å². The smallest absolute Gasteiger partial charge is 0.157 e. The van der Waals surface area contributed by atoms with Gasteiger partial charge in [0.25, 0.3) is 0 Å². The molecule has 3 nitrogen and oxygen atoms in total. The third-order valence-electron chi connectivity index (χ3n) is 4.99. The molecule has 0 saturated carbocycles. The largest absolute Gasteiger partial charge is 0.360 e. The molecule has 2 unspecified atom stereocenters. The molecule has 4 heterocycles. The Morgan fingerprint density at radius 3 is 2.83 bits per heavy atom. The van der Waals surface area contributed by atoms with Gasteiger partial charge < -0.3 is 10.2 Å². The third-order valence-corrected chi connectivity index (χ3v) is 5.88. The number of piperidine rings is 3. The van der Waals surface area contributed by atoms with Crippen molar-refractivity contribution in [3.63, 3.8) is 0 Å². The van der Waals surface area contributed by atoms with Crippen LogP contribution in [0.1, 0.15) is 39.5 Å². The molecule has 0 radical (unpaired) electrons. The lowest BCUT2D eigenvalue weighted by atomic mass is 9.84. The van der Waals surface area contributed by atoms with Crippen molar-refractivity contribution < 1.29 is 0 Å². The lowest BCUT2D eigenvalue weighted by Crippen LogP contribution is -2.52. The monoisotopic (exact) mass is 267 g/mol. The molecule has 4 heteroatoms. The van der Waals surface area contributed by atoms with Crippen LogP contribution in [0.2, 0.25) is 0 Å². The second kappa shape index (κ2) is 5.04. The van der Waals surface area contributed by atoms with Crippen LogP contribution in [-0.4, -0.2) is 47.0 Å². The molecule has 4 saturated heterocycles. The van der Waals surface area contributed by atoms with Crippen molar-refractivity contribution in [2.45, 2.75) is 51.1 Å². The van der Waals surface area contributed by atoms with Crippen LogP contribution in [0.25, 0.3) is 0 Å². The van der Waals surface area contributed by atoms with Crippen molar-refractivity contribution in [2.75, 3.05) is 25.4 Å². The summed E-state index contributed by atoms with van der Waals surface area (Å²) < 4.78 is 0. The van der Waals surface area contributed by atoms with Crippen LogP contribution in [0, 0.1) is 5.92 Å². The SMILES string of the molecule is CCC1(C)CCSC(=NC2CN3CCC2CC3)N1. The average molecular weight is 267 g/mol. The minimum Gasteiger partial charge on any atom is -0.360 e. The van der Waals surface area contributed by atoms with Crippen LogP contribution in [0.3, 0.4) is 0 Å². The summed E-state index contributed by atoms with van der Waals surface area (Å²) >= 11 is 1.92. The molecule has 0 aromatic carbocycles. The average Bonchev–Trinajstić information content (AvgIpc) is 2.40. The van der Waals surface area contributed by atoms with Gasteiger partial charge in [-0.1, -0.05) is 18.7 Å². The Hall–Kier alpha value is -0.220. The molecule has 18 heavy (non-hydrogen) atoms. The summed E-state index contributed by atoms with van der Waals surface area (Å²) in [6.45, 7) is 8.41. The minimum atomic E-state index is 0.276. The van der Waals surface area contributed by atoms with E-state index in [9.17, 15) is 0 Å². The second-order valence-corrected chi connectivity index (χ2v) is 7.36. The number of hydrogen-bond donors (Lipinski definition) is 1. The van der Waals surface area contributed by atoms with Gasteiger partial charge in [-0.25, -0.2) is 0 Å². The highest BCUT2D eigenvalue weighted by Crippen LogP contribution is 2.31. The molecule has 0 aromatic rings. The number of thioether (sulfide) groups is 1. The maximum absolute atomic E-state index is 5.05. The van der Waals surface area contributed by atoms with Gasteiger partial charge in [0, 0.05) is 17.8 Å². The molecule has 102 valence electrons. The zero-order chi connectivity index (χ0) is 12.6. The first-order valence-corrected chi connectivity index (χ1v) is 8.38. The molecule has 1 N–H and O–H groups in total. The van der Waals surface area contributed by atoms with E-state index in [-0.39, 0.29) is 5.54 Å². The number of nitrogens with zero attached hydrogens (tertiary/aromatic N) is 2. The van der Waals surface area contributed by atoms with Gasteiger partial charge in [0.2, 0.25) is 0 Å². The normalized spacial score (nSPS) is 46.1. The molecular formula is C14H25N3S. The molecule has 0 aromatic heterocycles. The first kappa shape index (κ1) is 12.8. The summed E-state index contributed by atoms with van der Waals surface area (Å²) in [6.07, 6.45) is 5.16. The Labute approximate surface area is 115 Å². The number of hydrogen-bond acceptors (Lipinski definition) is 3. The fraction of sp³-hybridized carbons (Fsp3) is 0.929. The molecule has 2 bridgehead atoms. The van der Waals surface area contributed by atoms with E-state index in [0.717, 1.165) is 5.92 Å². The van der Waals surface area contributed by atoms with Gasteiger partial charge in [0.1, 0.15) is 0 Å². The summed E-state index contributed by atoms with van der Waals surface area (Å²) in [5.74, 6) is 2.07. The van der Waals surface area contributed by atoms with Crippen molar-refractivity contribution in [1.82, 2.24) is 10.2 Å². The predicted molar refractivity (Wildman–Crippen MR) is 79.3 cm³/mol. The fourth-order valence-electron chi connectivity index (χ4n) is 3.30. The highest BCUT2D eigenvalue weighted by molar-refractivity contribution is 8.13. The second-order valence-electron chi connectivity index (χ2n) is 6.28.